The Morgan fingerprint density at radius 3 is 2.95 bits per heavy atom. The number of pyridine rings is 1. The van der Waals surface area contributed by atoms with Crippen LogP contribution in [0.25, 0.3) is 0 Å². The van der Waals surface area contributed by atoms with Gasteiger partial charge in [-0.2, -0.15) is 0 Å². The lowest BCUT2D eigenvalue weighted by atomic mass is 9.78. The van der Waals surface area contributed by atoms with Crippen LogP contribution in [0.15, 0.2) is 18.3 Å². The third kappa shape index (κ3) is 2.24. The molecule has 1 aromatic rings. The van der Waals surface area contributed by atoms with Crippen LogP contribution >= 0.6 is 0 Å². The second-order valence-electron chi connectivity index (χ2n) is 5.96. The van der Waals surface area contributed by atoms with Crippen LogP contribution in [0.5, 0.6) is 5.75 Å². The van der Waals surface area contributed by atoms with Crippen LogP contribution in [0, 0.1) is 5.41 Å². The van der Waals surface area contributed by atoms with E-state index in [1.165, 1.54) is 12.3 Å². The smallest absolute Gasteiger partial charge is 0.276 e. The van der Waals surface area contributed by atoms with E-state index in [1.807, 2.05) is 7.05 Å². The summed E-state index contributed by atoms with van der Waals surface area (Å²) in [5, 5.41) is 9.75. The summed E-state index contributed by atoms with van der Waals surface area (Å²) in [5.74, 6) is -0.282. The molecular formula is C15H19N3O3. The van der Waals surface area contributed by atoms with Gasteiger partial charge in [-0.15, -0.1) is 0 Å². The second-order valence-corrected chi connectivity index (χ2v) is 5.96. The van der Waals surface area contributed by atoms with Gasteiger partial charge in [0.05, 0.1) is 5.41 Å². The number of hydrogen-bond acceptors (Lipinski definition) is 4. The lowest BCUT2D eigenvalue weighted by Crippen LogP contribution is -2.48. The van der Waals surface area contributed by atoms with Crippen LogP contribution < -0.4 is 0 Å². The summed E-state index contributed by atoms with van der Waals surface area (Å²) in [6.45, 7) is 1.75. The first-order valence-corrected chi connectivity index (χ1v) is 7.22. The average Bonchev–Trinajstić information content (AvgIpc) is 2.90. The minimum absolute atomic E-state index is 0.0613. The molecule has 1 atom stereocenters. The quantitative estimate of drug-likeness (QED) is 0.832. The van der Waals surface area contributed by atoms with Crippen molar-refractivity contribution >= 4 is 11.8 Å². The van der Waals surface area contributed by atoms with Crippen LogP contribution in [0.2, 0.25) is 0 Å². The number of aromatic nitrogens is 1. The normalized spacial score (nSPS) is 25.7. The molecule has 2 aliphatic rings. The molecule has 1 spiro atoms. The van der Waals surface area contributed by atoms with Crippen molar-refractivity contribution in [1.29, 1.82) is 0 Å². The molecule has 2 saturated heterocycles. The Kier molecular flexibility index (Phi) is 3.31. The molecule has 112 valence electrons. The van der Waals surface area contributed by atoms with Gasteiger partial charge in [-0.25, -0.2) is 4.98 Å². The summed E-state index contributed by atoms with van der Waals surface area (Å²) in [7, 11) is 1.82. The van der Waals surface area contributed by atoms with Gasteiger partial charge in [-0.3, -0.25) is 9.59 Å². The van der Waals surface area contributed by atoms with E-state index in [4.69, 9.17) is 0 Å². The standard InChI is InChI=1S/C15H19N3O3/c1-17-8-3-5-15(14(17)21)6-9-18(10-15)13(20)12-11(19)4-2-7-16-12/h2,4,7,19H,3,5-6,8-10H2,1H3/t15-/m0/s1. The molecule has 2 aliphatic heterocycles. The van der Waals surface area contributed by atoms with Crippen LogP contribution in [0.4, 0.5) is 0 Å². The maximum Gasteiger partial charge on any atom is 0.276 e. The van der Waals surface area contributed by atoms with Gasteiger partial charge in [0, 0.05) is 32.9 Å². The maximum absolute atomic E-state index is 12.5. The fourth-order valence-electron chi connectivity index (χ4n) is 3.40. The number of carbonyl (C=O) groups excluding carboxylic acids is 2. The van der Waals surface area contributed by atoms with Crippen LogP contribution in [-0.2, 0) is 4.79 Å². The highest BCUT2D eigenvalue weighted by Gasteiger charge is 2.48. The number of rotatable bonds is 1. The molecule has 0 saturated carbocycles. The number of hydrogen-bond donors (Lipinski definition) is 1. The van der Waals surface area contributed by atoms with Gasteiger partial charge in [0.15, 0.2) is 5.69 Å². The first-order valence-electron chi connectivity index (χ1n) is 7.22. The van der Waals surface area contributed by atoms with Crippen LogP contribution in [0.3, 0.4) is 0 Å². The summed E-state index contributed by atoms with van der Waals surface area (Å²) >= 11 is 0. The second kappa shape index (κ2) is 5.02. The Bertz CT molecular complexity index is 589. The zero-order chi connectivity index (χ0) is 15.0. The van der Waals surface area contributed by atoms with E-state index in [9.17, 15) is 14.7 Å². The van der Waals surface area contributed by atoms with Crippen molar-refractivity contribution in [2.24, 2.45) is 5.41 Å². The highest BCUT2D eigenvalue weighted by atomic mass is 16.3. The monoisotopic (exact) mass is 289 g/mol. The van der Waals surface area contributed by atoms with E-state index in [2.05, 4.69) is 4.98 Å². The van der Waals surface area contributed by atoms with E-state index in [-0.39, 0.29) is 23.3 Å². The van der Waals surface area contributed by atoms with E-state index in [0.717, 1.165) is 19.4 Å². The highest BCUT2D eigenvalue weighted by Crippen LogP contribution is 2.40. The van der Waals surface area contributed by atoms with E-state index >= 15 is 0 Å². The largest absolute Gasteiger partial charge is 0.505 e. The predicted octanol–water partition coefficient (Wildman–Crippen LogP) is 0.872. The number of piperidine rings is 1. The molecular weight excluding hydrogens is 270 g/mol. The van der Waals surface area contributed by atoms with Crippen molar-refractivity contribution in [3.05, 3.63) is 24.0 Å². The number of likely N-dealkylation sites (tertiary alicyclic amines) is 2. The minimum Gasteiger partial charge on any atom is -0.505 e. The van der Waals surface area contributed by atoms with Gasteiger partial charge in [-0.1, -0.05) is 0 Å². The van der Waals surface area contributed by atoms with Crippen molar-refractivity contribution < 1.29 is 14.7 Å². The number of aromatic hydroxyl groups is 1. The number of amides is 2. The summed E-state index contributed by atoms with van der Waals surface area (Å²) in [6, 6.07) is 3.03. The molecule has 1 aromatic heterocycles. The summed E-state index contributed by atoms with van der Waals surface area (Å²) in [5.41, 5.74) is -0.376. The molecule has 6 nitrogen and oxygen atoms in total. The Hall–Kier alpha value is -2.11. The van der Waals surface area contributed by atoms with Crippen LogP contribution in [-0.4, -0.2) is 58.4 Å². The number of nitrogens with zero attached hydrogens (tertiary/aromatic N) is 3. The molecule has 1 N–H and O–H groups in total. The fourth-order valence-corrected chi connectivity index (χ4v) is 3.40. The first kappa shape index (κ1) is 13.9. The third-order valence-corrected chi connectivity index (χ3v) is 4.58. The molecule has 2 fully saturated rings. The predicted molar refractivity (Wildman–Crippen MR) is 75.7 cm³/mol. The van der Waals surface area contributed by atoms with E-state index in [0.29, 0.717) is 19.5 Å². The molecule has 0 aromatic carbocycles. The molecule has 2 amide bonds. The Balaban J connectivity index is 1.80. The van der Waals surface area contributed by atoms with Crippen molar-refractivity contribution in [3.63, 3.8) is 0 Å². The highest BCUT2D eigenvalue weighted by molar-refractivity contribution is 5.96. The minimum atomic E-state index is -0.437. The maximum atomic E-state index is 12.5. The summed E-state index contributed by atoms with van der Waals surface area (Å²) in [6.07, 6.45) is 3.97. The Morgan fingerprint density at radius 1 is 1.38 bits per heavy atom. The van der Waals surface area contributed by atoms with Gasteiger partial charge in [0.1, 0.15) is 5.75 Å². The van der Waals surface area contributed by atoms with E-state index < -0.39 is 5.41 Å². The topological polar surface area (TPSA) is 73.7 Å². The van der Waals surface area contributed by atoms with Crippen molar-refractivity contribution in [2.75, 3.05) is 26.7 Å². The Labute approximate surface area is 123 Å². The zero-order valence-corrected chi connectivity index (χ0v) is 12.1. The molecule has 0 unspecified atom stereocenters. The molecule has 0 bridgehead atoms. The molecule has 3 rings (SSSR count). The molecule has 0 radical (unpaired) electrons. The van der Waals surface area contributed by atoms with E-state index in [1.54, 1.807) is 15.9 Å². The third-order valence-electron chi connectivity index (χ3n) is 4.58. The number of carbonyl (C=O) groups is 2. The fraction of sp³-hybridized carbons (Fsp3) is 0.533. The van der Waals surface area contributed by atoms with Crippen molar-refractivity contribution in [1.82, 2.24) is 14.8 Å². The van der Waals surface area contributed by atoms with Gasteiger partial charge >= 0.3 is 0 Å². The summed E-state index contributed by atoms with van der Waals surface area (Å²) in [4.78, 5) is 32.3. The lowest BCUT2D eigenvalue weighted by molar-refractivity contribution is -0.143. The molecule has 0 aliphatic carbocycles. The van der Waals surface area contributed by atoms with Crippen molar-refractivity contribution in [3.8, 4) is 5.75 Å². The van der Waals surface area contributed by atoms with Gasteiger partial charge in [0.2, 0.25) is 5.91 Å². The average molecular weight is 289 g/mol. The zero-order valence-electron chi connectivity index (χ0n) is 12.1. The Morgan fingerprint density at radius 2 is 2.19 bits per heavy atom. The van der Waals surface area contributed by atoms with Crippen LogP contribution in [0.1, 0.15) is 29.8 Å². The van der Waals surface area contributed by atoms with Gasteiger partial charge in [-0.05, 0) is 31.4 Å². The summed E-state index contributed by atoms with van der Waals surface area (Å²) < 4.78 is 0. The lowest BCUT2D eigenvalue weighted by Gasteiger charge is -2.37. The van der Waals surface area contributed by atoms with Crippen molar-refractivity contribution in [2.45, 2.75) is 19.3 Å². The first-order chi connectivity index (χ1) is 10.0. The SMILES string of the molecule is CN1CCC[C@@]2(CCN(C(=O)c3ncccc3O)C2)C1=O. The molecule has 3 heterocycles. The molecule has 21 heavy (non-hydrogen) atoms. The molecule has 6 heteroatoms. The van der Waals surface area contributed by atoms with Gasteiger partial charge in [0.25, 0.3) is 5.91 Å². The van der Waals surface area contributed by atoms with Gasteiger partial charge < -0.3 is 14.9 Å².